The summed E-state index contributed by atoms with van der Waals surface area (Å²) in [4.78, 5) is 24.7. The van der Waals surface area contributed by atoms with E-state index in [1.165, 1.54) is 30.5 Å². The van der Waals surface area contributed by atoms with Gasteiger partial charge in [0.15, 0.2) is 0 Å². The van der Waals surface area contributed by atoms with E-state index in [0.29, 0.717) is 27.6 Å². The van der Waals surface area contributed by atoms with Gasteiger partial charge in [0.05, 0.1) is 12.7 Å². The highest BCUT2D eigenvalue weighted by Crippen LogP contribution is 2.24. The summed E-state index contributed by atoms with van der Waals surface area (Å²) >= 11 is 5.95. The fourth-order valence-corrected chi connectivity index (χ4v) is 2.41. The lowest BCUT2D eigenvalue weighted by molar-refractivity contribution is 0.100. The van der Waals surface area contributed by atoms with Gasteiger partial charge < -0.3 is 10.1 Å². The molecule has 2 amide bonds. The molecule has 0 saturated carbocycles. The second-order valence-corrected chi connectivity index (χ2v) is 5.63. The number of halogens is 1. The maximum atomic E-state index is 12.5. The van der Waals surface area contributed by atoms with Crippen LogP contribution in [0.15, 0.2) is 55.1 Å². The van der Waals surface area contributed by atoms with Crippen LogP contribution in [0.1, 0.15) is 20.7 Å². The quantitative estimate of drug-likeness (QED) is 0.718. The third kappa shape index (κ3) is 3.98. The Kier molecular flexibility index (Phi) is 5.14. The monoisotopic (exact) mass is 371 g/mol. The first-order valence-corrected chi connectivity index (χ1v) is 7.85. The van der Waals surface area contributed by atoms with Crippen molar-refractivity contribution in [3.8, 4) is 5.75 Å². The number of carbonyl (C=O) groups excluding carboxylic acids is 2. The molecular weight excluding hydrogens is 358 g/mol. The largest absolute Gasteiger partial charge is 0.496 e. The molecule has 0 aliphatic rings. The molecule has 2 N–H and O–H groups in total. The van der Waals surface area contributed by atoms with E-state index in [1.807, 2.05) is 0 Å². The predicted octanol–water partition coefficient (Wildman–Crippen LogP) is 2.58. The van der Waals surface area contributed by atoms with Crippen LogP contribution in [0.2, 0.25) is 5.02 Å². The highest BCUT2D eigenvalue weighted by molar-refractivity contribution is 6.31. The highest BCUT2D eigenvalue weighted by atomic mass is 35.5. The van der Waals surface area contributed by atoms with E-state index < -0.39 is 5.91 Å². The van der Waals surface area contributed by atoms with Gasteiger partial charge in [-0.2, -0.15) is 0 Å². The minimum Gasteiger partial charge on any atom is -0.496 e. The van der Waals surface area contributed by atoms with Gasteiger partial charge in [-0.05, 0) is 36.4 Å². The van der Waals surface area contributed by atoms with E-state index in [1.54, 1.807) is 36.4 Å². The van der Waals surface area contributed by atoms with Crippen LogP contribution in [0, 0.1) is 0 Å². The molecule has 0 radical (unpaired) electrons. The topological polar surface area (TPSA) is 98.1 Å². The van der Waals surface area contributed by atoms with E-state index in [-0.39, 0.29) is 5.91 Å². The Morgan fingerprint density at radius 3 is 2.58 bits per heavy atom. The Morgan fingerprint density at radius 2 is 1.85 bits per heavy atom. The molecule has 0 atom stereocenters. The van der Waals surface area contributed by atoms with Crippen LogP contribution in [0.3, 0.4) is 0 Å². The molecule has 3 aromatic rings. The van der Waals surface area contributed by atoms with E-state index in [2.05, 4.69) is 20.9 Å². The van der Waals surface area contributed by atoms with Crippen molar-refractivity contribution in [2.75, 3.05) is 17.9 Å². The summed E-state index contributed by atoms with van der Waals surface area (Å²) in [5.74, 6) is -0.379. The summed E-state index contributed by atoms with van der Waals surface area (Å²) in [7, 11) is 1.47. The Morgan fingerprint density at radius 1 is 1.08 bits per heavy atom. The standard InChI is InChI=1S/C17H14ClN5O3/c1-26-15-6-5-12(18)8-14(15)17(25)21-13-4-2-3-11(7-13)16(24)22-23-9-19-20-10-23/h2-10H,1H3,(H,21,25)(H,22,24). The smallest absolute Gasteiger partial charge is 0.270 e. The minimum atomic E-state index is -0.402. The van der Waals surface area contributed by atoms with E-state index in [9.17, 15) is 9.59 Å². The molecule has 2 aromatic carbocycles. The summed E-state index contributed by atoms with van der Waals surface area (Å²) in [5.41, 5.74) is 3.68. The number of ether oxygens (including phenoxy) is 1. The number of hydrogen-bond donors (Lipinski definition) is 2. The third-order valence-electron chi connectivity index (χ3n) is 3.44. The fraction of sp³-hybridized carbons (Fsp3) is 0.0588. The number of methoxy groups -OCH3 is 1. The number of nitrogens with one attached hydrogen (secondary N) is 2. The Balaban J connectivity index is 1.77. The number of benzene rings is 2. The maximum Gasteiger partial charge on any atom is 0.270 e. The minimum absolute atomic E-state index is 0.291. The van der Waals surface area contributed by atoms with Crippen molar-refractivity contribution < 1.29 is 14.3 Å². The predicted molar refractivity (Wildman–Crippen MR) is 96.1 cm³/mol. The van der Waals surface area contributed by atoms with Crippen molar-refractivity contribution in [2.24, 2.45) is 0 Å². The number of hydrogen-bond acceptors (Lipinski definition) is 5. The lowest BCUT2D eigenvalue weighted by Crippen LogP contribution is -2.21. The summed E-state index contributed by atoms with van der Waals surface area (Å²) in [5, 5.41) is 10.3. The fourth-order valence-electron chi connectivity index (χ4n) is 2.23. The zero-order chi connectivity index (χ0) is 18.5. The lowest BCUT2D eigenvalue weighted by atomic mass is 10.1. The van der Waals surface area contributed by atoms with Crippen LogP contribution in [0.5, 0.6) is 5.75 Å². The van der Waals surface area contributed by atoms with Gasteiger partial charge in [0.1, 0.15) is 18.4 Å². The molecule has 132 valence electrons. The number of carbonyl (C=O) groups is 2. The van der Waals surface area contributed by atoms with Gasteiger partial charge in [0.25, 0.3) is 11.8 Å². The molecule has 1 aromatic heterocycles. The zero-order valence-electron chi connectivity index (χ0n) is 13.6. The molecule has 0 aliphatic carbocycles. The summed E-state index contributed by atoms with van der Waals surface area (Å²) < 4.78 is 6.51. The molecule has 9 heteroatoms. The molecule has 1 heterocycles. The van der Waals surface area contributed by atoms with Gasteiger partial charge in [-0.25, -0.2) is 4.68 Å². The van der Waals surface area contributed by atoms with Gasteiger partial charge >= 0.3 is 0 Å². The first-order chi connectivity index (χ1) is 12.6. The van der Waals surface area contributed by atoms with Crippen LogP contribution in [-0.4, -0.2) is 33.8 Å². The second-order valence-electron chi connectivity index (χ2n) is 5.19. The number of aromatic nitrogens is 3. The SMILES string of the molecule is COc1ccc(Cl)cc1C(=O)Nc1cccc(C(=O)Nn2cnnc2)c1. The highest BCUT2D eigenvalue weighted by Gasteiger charge is 2.14. The normalized spacial score (nSPS) is 10.2. The van der Waals surface area contributed by atoms with E-state index in [4.69, 9.17) is 16.3 Å². The van der Waals surface area contributed by atoms with Crippen LogP contribution < -0.4 is 15.5 Å². The van der Waals surface area contributed by atoms with Crippen LogP contribution in [-0.2, 0) is 0 Å². The Hall–Kier alpha value is -3.39. The maximum absolute atomic E-state index is 12.5. The number of rotatable bonds is 5. The van der Waals surface area contributed by atoms with Crippen molar-refractivity contribution in [2.45, 2.75) is 0 Å². The van der Waals surface area contributed by atoms with Crippen LogP contribution in [0.25, 0.3) is 0 Å². The van der Waals surface area contributed by atoms with Gasteiger partial charge in [0, 0.05) is 16.3 Å². The number of anilines is 1. The first kappa shape index (κ1) is 17.4. The molecule has 3 rings (SSSR count). The molecule has 8 nitrogen and oxygen atoms in total. The molecule has 0 unspecified atom stereocenters. The molecule has 26 heavy (non-hydrogen) atoms. The van der Waals surface area contributed by atoms with Gasteiger partial charge in [-0.1, -0.05) is 17.7 Å². The van der Waals surface area contributed by atoms with E-state index in [0.717, 1.165) is 0 Å². The average molecular weight is 372 g/mol. The van der Waals surface area contributed by atoms with Crippen molar-refractivity contribution in [3.05, 3.63) is 71.3 Å². The van der Waals surface area contributed by atoms with Crippen LogP contribution in [0.4, 0.5) is 5.69 Å². The van der Waals surface area contributed by atoms with E-state index >= 15 is 0 Å². The molecule has 0 aliphatic heterocycles. The van der Waals surface area contributed by atoms with Gasteiger partial charge in [0.2, 0.25) is 0 Å². The van der Waals surface area contributed by atoms with Gasteiger partial charge in [-0.15, -0.1) is 10.2 Å². The Labute approximate surface area is 153 Å². The molecular formula is C17H14ClN5O3. The van der Waals surface area contributed by atoms with Crippen molar-refractivity contribution in [1.29, 1.82) is 0 Å². The average Bonchev–Trinajstić information content (AvgIpc) is 3.15. The lowest BCUT2D eigenvalue weighted by Gasteiger charge is -2.11. The third-order valence-corrected chi connectivity index (χ3v) is 3.67. The summed E-state index contributed by atoms with van der Waals surface area (Å²) in [6.07, 6.45) is 2.71. The second kappa shape index (κ2) is 7.66. The summed E-state index contributed by atoms with van der Waals surface area (Å²) in [6, 6.07) is 11.3. The molecule has 0 fully saturated rings. The molecule has 0 saturated heterocycles. The summed E-state index contributed by atoms with van der Waals surface area (Å²) in [6.45, 7) is 0. The molecule has 0 bridgehead atoms. The number of nitrogens with zero attached hydrogens (tertiary/aromatic N) is 3. The zero-order valence-corrected chi connectivity index (χ0v) is 14.4. The van der Waals surface area contributed by atoms with Crippen molar-refractivity contribution in [3.63, 3.8) is 0 Å². The van der Waals surface area contributed by atoms with Crippen LogP contribution >= 0.6 is 11.6 Å². The number of amides is 2. The van der Waals surface area contributed by atoms with Gasteiger partial charge in [-0.3, -0.25) is 15.0 Å². The van der Waals surface area contributed by atoms with Crippen molar-refractivity contribution in [1.82, 2.24) is 14.9 Å². The molecule has 0 spiro atoms. The first-order valence-electron chi connectivity index (χ1n) is 7.48. The Bertz CT molecular complexity index is 943. The van der Waals surface area contributed by atoms with Crippen molar-refractivity contribution >= 4 is 29.1 Å².